The van der Waals surface area contributed by atoms with Crippen molar-refractivity contribution < 1.29 is 4.79 Å². The van der Waals surface area contributed by atoms with Crippen molar-refractivity contribution in [2.75, 3.05) is 0 Å². The number of hydrogen-bond donors (Lipinski definition) is 1. The molecule has 0 amide bonds. The van der Waals surface area contributed by atoms with Crippen LogP contribution in [0.15, 0.2) is 12.4 Å². The third-order valence-electron chi connectivity index (χ3n) is 9.46. The highest BCUT2D eigenvalue weighted by Crippen LogP contribution is 2.64. The molecule has 8 atom stereocenters. The number of ketones is 1. The van der Waals surface area contributed by atoms with Gasteiger partial charge in [-0.3, -0.25) is 9.48 Å². The van der Waals surface area contributed by atoms with E-state index in [1.54, 1.807) is 17.1 Å². The predicted molar refractivity (Wildman–Crippen MR) is 111 cm³/mol. The normalized spacial score (nSPS) is 43.7. The van der Waals surface area contributed by atoms with Crippen LogP contribution < -0.4 is 5.73 Å². The molecule has 5 heteroatoms. The van der Waals surface area contributed by atoms with E-state index in [4.69, 9.17) is 11.0 Å². The first kappa shape index (κ1) is 19.3. The molecule has 4 fully saturated rings. The molecule has 156 valence electrons. The largest absolute Gasteiger partial charge is 0.328 e. The minimum atomic E-state index is 0.153. The molecule has 0 bridgehead atoms. The lowest BCUT2D eigenvalue weighted by molar-refractivity contribution is -0.131. The summed E-state index contributed by atoms with van der Waals surface area (Å²) in [6.07, 6.45) is 14.5. The molecule has 0 radical (unpaired) electrons. The second-order valence-electron chi connectivity index (χ2n) is 10.7. The maximum absolute atomic E-state index is 13.2. The second kappa shape index (κ2) is 7.23. The summed E-state index contributed by atoms with van der Waals surface area (Å²) < 4.78 is 1.65. The monoisotopic (exact) mass is 394 g/mol. The quantitative estimate of drug-likeness (QED) is 0.842. The number of aromatic nitrogens is 2. The van der Waals surface area contributed by atoms with Crippen LogP contribution in [0.2, 0.25) is 0 Å². The fourth-order valence-electron chi connectivity index (χ4n) is 8.20. The molecule has 5 rings (SSSR count). The van der Waals surface area contributed by atoms with Gasteiger partial charge in [0.25, 0.3) is 0 Å². The average Bonchev–Trinajstić information content (AvgIpc) is 3.30. The molecule has 5 nitrogen and oxygen atoms in total. The fourth-order valence-corrected chi connectivity index (χ4v) is 8.20. The summed E-state index contributed by atoms with van der Waals surface area (Å²) in [4.78, 5) is 13.2. The zero-order valence-corrected chi connectivity index (χ0v) is 17.6. The Labute approximate surface area is 174 Å². The Bertz CT molecular complexity index is 825. The van der Waals surface area contributed by atoms with E-state index >= 15 is 0 Å². The van der Waals surface area contributed by atoms with Crippen molar-refractivity contribution in [2.45, 2.75) is 77.3 Å². The number of Topliss-reactive ketones (excluding diaryl/α,β-unsaturated/α-hetero) is 1. The highest BCUT2D eigenvalue weighted by atomic mass is 16.1. The Morgan fingerprint density at radius 1 is 1.21 bits per heavy atom. The van der Waals surface area contributed by atoms with E-state index < -0.39 is 0 Å². The number of rotatable bonds is 3. The summed E-state index contributed by atoms with van der Waals surface area (Å²) in [5.41, 5.74) is 6.96. The first-order chi connectivity index (χ1) is 14.0. The van der Waals surface area contributed by atoms with E-state index in [2.05, 4.69) is 18.1 Å². The van der Waals surface area contributed by atoms with Gasteiger partial charge in [0.1, 0.15) is 6.07 Å². The molecule has 1 aromatic heterocycles. The van der Waals surface area contributed by atoms with Crippen LogP contribution in [-0.2, 0) is 11.3 Å². The van der Waals surface area contributed by atoms with E-state index in [-0.39, 0.29) is 11.3 Å². The smallest absolute Gasteiger partial charge is 0.157 e. The Balaban J connectivity index is 1.31. The summed E-state index contributed by atoms with van der Waals surface area (Å²) in [7, 11) is 0. The minimum absolute atomic E-state index is 0.153. The van der Waals surface area contributed by atoms with Crippen LogP contribution in [0.4, 0.5) is 0 Å². The molecule has 1 heterocycles. The second-order valence-corrected chi connectivity index (χ2v) is 10.7. The number of nitrogens with zero attached hydrogens (tertiary/aromatic N) is 3. The van der Waals surface area contributed by atoms with Crippen LogP contribution in [0, 0.1) is 52.3 Å². The van der Waals surface area contributed by atoms with Crippen LogP contribution in [0.25, 0.3) is 0 Å². The van der Waals surface area contributed by atoms with E-state index in [1.165, 1.54) is 51.4 Å². The maximum atomic E-state index is 13.2. The number of nitrogens with two attached hydrogens (primary N) is 1. The van der Waals surface area contributed by atoms with Crippen molar-refractivity contribution in [3.63, 3.8) is 0 Å². The summed E-state index contributed by atoms with van der Waals surface area (Å²) in [5, 5.41) is 13.2. The van der Waals surface area contributed by atoms with E-state index in [0.717, 1.165) is 30.1 Å². The van der Waals surface area contributed by atoms with E-state index in [9.17, 15) is 4.79 Å². The molecule has 0 aromatic carbocycles. The number of carbonyl (C=O) groups excluding carboxylic acids is 1. The predicted octanol–water partition coefficient (Wildman–Crippen LogP) is 3.92. The molecular formula is C24H34N4O. The molecule has 29 heavy (non-hydrogen) atoms. The Hall–Kier alpha value is -1.67. The summed E-state index contributed by atoms with van der Waals surface area (Å²) in [6, 6.07) is 2.53. The van der Waals surface area contributed by atoms with Crippen LogP contribution in [0.1, 0.15) is 70.3 Å². The van der Waals surface area contributed by atoms with Crippen LogP contribution in [-0.4, -0.2) is 21.6 Å². The van der Waals surface area contributed by atoms with Crippen LogP contribution in [0.3, 0.4) is 0 Å². The SMILES string of the molecule is C[C@]12CCC3[C@H]4CC[C@H](N)C[C@H]4CC[C@H]3[C@@H]1CC[C@@H]2C(=O)Cn1cc(C#N)cn1. The summed E-state index contributed by atoms with van der Waals surface area (Å²) in [6.45, 7) is 2.72. The zero-order valence-electron chi connectivity index (χ0n) is 17.6. The Morgan fingerprint density at radius 3 is 2.83 bits per heavy atom. The molecular weight excluding hydrogens is 360 g/mol. The number of fused-ring (bicyclic) bond motifs is 5. The minimum Gasteiger partial charge on any atom is -0.328 e. The number of hydrogen-bond acceptors (Lipinski definition) is 4. The van der Waals surface area contributed by atoms with Crippen molar-refractivity contribution in [2.24, 2.45) is 46.7 Å². The van der Waals surface area contributed by atoms with Crippen molar-refractivity contribution in [1.29, 1.82) is 5.26 Å². The first-order valence-corrected chi connectivity index (χ1v) is 11.7. The molecule has 1 unspecified atom stereocenters. The molecule has 1 aromatic rings. The van der Waals surface area contributed by atoms with Gasteiger partial charge in [-0.15, -0.1) is 0 Å². The topological polar surface area (TPSA) is 84.7 Å². The van der Waals surface area contributed by atoms with Gasteiger partial charge in [-0.05, 0) is 92.8 Å². The fraction of sp³-hybridized carbons (Fsp3) is 0.792. The Kier molecular flexibility index (Phi) is 4.81. The molecule has 4 aliphatic rings. The standard InChI is InChI=1S/C24H34N4O/c1-24-9-8-19-18-5-3-17(26)10-16(18)2-4-20(19)21(24)6-7-22(24)23(29)14-28-13-15(11-25)12-27-28/h12-13,16-22H,2-10,14,26H2,1H3/t16-,17+,18+,19?,20-,21+,22-,24+/m1/s1. The summed E-state index contributed by atoms with van der Waals surface area (Å²) in [5.74, 6) is 4.62. The molecule has 0 spiro atoms. The Morgan fingerprint density at radius 2 is 2.03 bits per heavy atom. The highest BCUT2D eigenvalue weighted by Gasteiger charge is 2.58. The van der Waals surface area contributed by atoms with Gasteiger partial charge in [0.15, 0.2) is 5.78 Å². The molecule has 2 N–H and O–H groups in total. The lowest BCUT2D eigenvalue weighted by atomic mass is 9.49. The third-order valence-corrected chi connectivity index (χ3v) is 9.46. The lowest BCUT2D eigenvalue weighted by Gasteiger charge is -2.56. The third kappa shape index (κ3) is 3.15. The van der Waals surface area contributed by atoms with E-state index in [1.807, 2.05) is 0 Å². The number of carbonyl (C=O) groups is 1. The van der Waals surface area contributed by atoms with Gasteiger partial charge in [-0.1, -0.05) is 6.92 Å². The van der Waals surface area contributed by atoms with Crippen molar-refractivity contribution >= 4 is 5.78 Å². The highest BCUT2D eigenvalue weighted by molar-refractivity contribution is 5.82. The first-order valence-electron chi connectivity index (χ1n) is 11.7. The van der Waals surface area contributed by atoms with Crippen molar-refractivity contribution in [3.8, 4) is 6.07 Å². The molecule has 4 aliphatic carbocycles. The van der Waals surface area contributed by atoms with Gasteiger partial charge in [0, 0.05) is 18.2 Å². The van der Waals surface area contributed by atoms with Gasteiger partial charge in [0.05, 0.1) is 18.3 Å². The molecule has 0 saturated heterocycles. The van der Waals surface area contributed by atoms with Gasteiger partial charge in [-0.25, -0.2) is 0 Å². The van der Waals surface area contributed by atoms with Crippen LogP contribution >= 0.6 is 0 Å². The van der Waals surface area contributed by atoms with Crippen LogP contribution in [0.5, 0.6) is 0 Å². The molecule has 4 saturated carbocycles. The molecule has 0 aliphatic heterocycles. The average molecular weight is 395 g/mol. The van der Waals surface area contributed by atoms with E-state index in [0.29, 0.717) is 29.9 Å². The van der Waals surface area contributed by atoms with Gasteiger partial charge < -0.3 is 5.73 Å². The number of nitriles is 1. The van der Waals surface area contributed by atoms with Crippen molar-refractivity contribution in [3.05, 3.63) is 18.0 Å². The van der Waals surface area contributed by atoms with Crippen molar-refractivity contribution in [1.82, 2.24) is 9.78 Å². The lowest BCUT2D eigenvalue weighted by Crippen LogP contribution is -2.50. The maximum Gasteiger partial charge on any atom is 0.157 e. The van der Waals surface area contributed by atoms with Gasteiger partial charge in [0.2, 0.25) is 0 Å². The van der Waals surface area contributed by atoms with Gasteiger partial charge in [-0.2, -0.15) is 10.4 Å². The zero-order chi connectivity index (χ0) is 20.2. The van der Waals surface area contributed by atoms with Gasteiger partial charge >= 0.3 is 0 Å². The summed E-state index contributed by atoms with van der Waals surface area (Å²) >= 11 is 0.